The molecule has 1 aromatic heterocycles. The minimum Gasteiger partial charge on any atom is -0.376 e. The molecule has 0 aromatic carbocycles. The van der Waals surface area contributed by atoms with Crippen molar-refractivity contribution in [1.82, 2.24) is 15.6 Å². The van der Waals surface area contributed by atoms with Crippen LogP contribution in [0.4, 0.5) is 0 Å². The summed E-state index contributed by atoms with van der Waals surface area (Å²) in [5, 5.41) is 6.14. The summed E-state index contributed by atoms with van der Waals surface area (Å²) in [5.41, 5.74) is 1.58. The maximum Gasteiger partial charge on any atom is 0.252 e. The van der Waals surface area contributed by atoms with Crippen molar-refractivity contribution in [3.8, 4) is 0 Å². The molecule has 104 valence electrons. The average molecular weight is 263 g/mol. The number of ether oxygens (including phenoxy) is 1. The Labute approximate surface area is 113 Å². The number of pyridine rings is 1. The highest BCUT2D eigenvalue weighted by Crippen LogP contribution is 2.06. The first kappa shape index (κ1) is 14.0. The van der Waals surface area contributed by atoms with E-state index >= 15 is 0 Å². The lowest BCUT2D eigenvalue weighted by molar-refractivity contribution is 0.0343. The molecule has 5 nitrogen and oxygen atoms in total. The van der Waals surface area contributed by atoms with Gasteiger partial charge in [-0.3, -0.25) is 9.78 Å². The van der Waals surface area contributed by atoms with E-state index in [9.17, 15) is 4.79 Å². The molecule has 0 bridgehead atoms. The van der Waals surface area contributed by atoms with Crippen LogP contribution >= 0.6 is 0 Å². The number of carbonyl (C=O) groups excluding carboxylic acids is 1. The van der Waals surface area contributed by atoms with Gasteiger partial charge in [-0.15, -0.1) is 0 Å². The molecule has 0 radical (unpaired) electrons. The Morgan fingerprint density at radius 2 is 2.26 bits per heavy atom. The van der Waals surface area contributed by atoms with Crippen molar-refractivity contribution < 1.29 is 9.53 Å². The summed E-state index contributed by atoms with van der Waals surface area (Å²) in [7, 11) is 0. The molecule has 1 aliphatic heterocycles. The minimum atomic E-state index is -0.0925. The molecule has 1 saturated heterocycles. The van der Waals surface area contributed by atoms with E-state index in [1.54, 1.807) is 12.4 Å². The van der Waals surface area contributed by atoms with Crippen molar-refractivity contribution in [3.05, 3.63) is 29.6 Å². The smallest absolute Gasteiger partial charge is 0.252 e. The molecule has 5 heteroatoms. The largest absolute Gasteiger partial charge is 0.376 e. The molecule has 2 N–H and O–H groups in total. The normalized spacial score (nSPS) is 16.3. The van der Waals surface area contributed by atoms with Crippen molar-refractivity contribution in [2.24, 2.45) is 0 Å². The van der Waals surface area contributed by atoms with Crippen LogP contribution in [-0.2, 0) is 4.74 Å². The lowest BCUT2D eigenvalue weighted by atomic mass is 10.1. The second-order valence-corrected chi connectivity index (χ2v) is 4.83. The maximum absolute atomic E-state index is 11.8. The Hall–Kier alpha value is -1.46. The van der Waals surface area contributed by atoms with E-state index in [0.717, 1.165) is 31.5 Å². The molecule has 0 atom stereocenters. The predicted octanol–water partition coefficient (Wildman–Crippen LogP) is 0.888. The molecule has 0 aliphatic carbocycles. The van der Waals surface area contributed by atoms with Gasteiger partial charge in [0.2, 0.25) is 0 Å². The second kappa shape index (κ2) is 7.21. The molecule has 1 fully saturated rings. The summed E-state index contributed by atoms with van der Waals surface area (Å²) in [6.45, 7) is 5.06. The topological polar surface area (TPSA) is 63.2 Å². The zero-order valence-corrected chi connectivity index (χ0v) is 11.3. The SMILES string of the molecule is Cc1cncc(C(=O)NCCOC2CCNCC2)c1. The van der Waals surface area contributed by atoms with E-state index in [0.29, 0.717) is 24.8 Å². The van der Waals surface area contributed by atoms with Crippen LogP contribution in [0.15, 0.2) is 18.5 Å². The number of aromatic nitrogens is 1. The Morgan fingerprint density at radius 1 is 1.47 bits per heavy atom. The van der Waals surface area contributed by atoms with Gasteiger partial charge in [-0.25, -0.2) is 0 Å². The lowest BCUT2D eigenvalue weighted by Crippen LogP contribution is -2.34. The number of rotatable bonds is 5. The lowest BCUT2D eigenvalue weighted by Gasteiger charge is -2.22. The summed E-state index contributed by atoms with van der Waals surface area (Å²) < 4.78 is 5.72. The first-order chi connectivity index (χ1) is 9.25. The van der Waals surface area contributed by atoms with Gasteiger partial charge in [0.15, 0.2) is 0 Å². The Balaban J connectivity index is 1.66. The minimum absolute atomic E-state index is 0.0925. The van der Waals surface area contributed by atoms with E-state index in [-0.39, 0.29) is 5.91 Å². The number of amides is 1. The van der Waals surface area contributed by atoms with E-state index in [2.05, 4.69) is 15.6 Å². The van der Waals surface area contributed by atoms with Gasteiger partial charge in [0.25, 0.3) is 5.91 Å². The van der Waals surface area contributed by atoms with Crippen molar-refractivity contribution in [1.29, 1.82) is 0 Å². The van der Waals surface area contributed by atoms with Gasteiger partial charge in [-0.05, 0) is 44.5 Å². The number of hydrogen-bond donors (Lipinski definition) is 2. The van der Waals surface area contributed by atoms with Gasteiger partial charge in [-0.2, -0.15) is 0 Å². The average Bonchev–Trinajstić information content (AvgIpc) is 2.44. The van der Waals surface area contributed by atoms with Crippen molar-refractivity contribution in [2.75, 3.05) is 26.2 Å². The zero-order valence-electron chi connectivity index (χ0n) is 11.3. The van der Waals surface area contributed by atoms with Gasteiger partial charge in [-0.1, -0.05) is 0 Å². The van der Waals surface area contributed by atoms with Crippen LogP contribution in [0.1, 0.15) is 28.8 Å². The highest BCUT2D eigenvalue weighted by molar-refractivity contribution is 5.93. The number of nitrogens with one attached hydrogen (secondary N) is 2. The zero-order chi connectivity index (χ0) is 13.5. The highest BCUT2D eigenvalue weighted by Gasteiger charge is 2.13. The highest BCUT2D eigenvalue weighted by atomic mass is 16.5. The molecular weight excluding hydrogens is 242 g/mol. The Kier molecular flexibility index (Phi) is 5.30. The monoisotopic (exact) mass is 263 g/mol. The predicted molar refractivity (Wildman–Crippen MR) is 73.2 cm³/mol. The standard InChI is InChI=1S/C14H21N3O2/c1-11-8-12(10-16-9-11)14(18)17-6-7-19-13-2-4-15-5-3-13/h8-10,13,15H,2-7H2,1H3,(H,17,18). The van der Waals surface area contributed by atoms with Gasteiger partial charge in [0.1, 0.15) is 0 Å². The first-order valence-corrected chi connectivity index (χ1v) is 6.78. The maximum atomic E-state index is 11.8. The van der Waals surface area contributed by atoms with E-state index in [1.807, 2.05) is 13.0 Å². The number of carbonyl (C=O) groups is 1. The van der Waals surface area contributed by atoms with Crippen molar-refractivity contribution in [3.63, 3.8) is 0 Å². The molecule has 0 spiro atoms. The summed E-state index contributed by atoms with van der Waals surface area (Å²) in [6.07, 6.45) is 5.75. The van der Waals surface area contributed by atoms with Gasteiger partial charge in [0.05, 0.1) is 18.3 Å². The number of nitrogens with zero attached hydrogens (tertiary/aromatic N) is 1. The fraction of sp³-hybridized carbons (Fsp3) is 0.571. The number of aryl methyl sites for hydroxylation is 1. The van der Waals surface area contributed by atoms with Gasteiger partial charge < -0.3 is 15.4 Å². The summed E-state index contributed by atoms with van der Waals surface area (Å²) >= 11 is 0. The molecular formula is C14H21N3O2. The number of piperidine rings is 1. The number of hydrogen-bond acceptors (Lipinski definition) is 4. The molecule has 1 aliphatic rings. The van der Waals surface area contributed by atoms with E-state index in [4.69, 9.17) is 4.74 Å². The molecule has 0 unspecified atom stereocenters. The summed E-state index contributed by atoms with van der Waals surface area (Å²) in [6, 6.07) is 1.83. The molecule has 0 saturated carbocycles. The summed E-state index contributed by atoms with van der Waals surface area (Å²) in [5.74, 6) is -0.0925. The van der Waals surface area contributed by atoms with Crippen LogP contribution in [0.25, 0.3) is 0 Å². The Bertz CT molecular complexity index is 417. The molecule has 1 amide bonds. The van der Waals surface area contributed by atoms with Crippen LogP contribution in [0, 0.1) is 6.92 Å². The van der Waals surface area contributed by atoms with Crippen LogP contribution in [0.2, 0.25) is 0 Å². The Morgan fingerprint density at radius 3 is 3.00 bits per heavy atom. The fourth-order valence-electron chi connectivity index (χ4n) is 2.13. The van der Waals surface area contributed by atoms with Crippen LogP contribution in [0.5, 0.6) is 0 Å². The quantitative estimate of drug-likeness (QED) is 0.774. The van der Waals surface area contributed by atoms with E-state index in [1.165, 1.54) is 0 Å². The molecule has 19 heavy (non-hydrogen) atoms. The van der Waals surface area contributed by atoms with Gasteiger partial charge >= 0.3 is 0 Å². The van der Waals surface area contributed by atoms with Crippen LogP contribution in [-0.4, -0.2) is 43.2 Å². The van der Waals surface area contributed by atoms with Crippen LogP contribution < -0.4 is 10.6 Å². The third-order valence-electron chi connectivity index (χ3n) is 3.16. The van der Waals surface area contributed by atoms with Crippen LogP contribution in [0.3, 0.4) is 0 Å². The third kappa shape index (κ3) is 4.61. The molecule has 2 heterocycles. The van der Waals surface area contributed by atoms with Crippen molar-refractivity contribution in [2.45, 2.75) is 25.9 Å². The van der Waals surface area contributed by atoms with Gasteiger partial charge in [0, 0.05) is 18.9 Å². The summed E-state index contributed by atoms with van der Waals surface area (Å²) in [4.78, 5) is 15.8. The first-order valence-electron chi connectivity index (χ1n) is 6.78. The fourth-order valence-corrected chi connectivity index (χ4v) is 2.13. The molecule has 2 rings (SSSR count). The third-order valence-corrected chi connectivity index (χ3v) is 3.16. The van der Waals surface area contributed by atoms with Crippen molar-refractivity contribution >= 4 is 5.91 Å². The van der Waals surface area contributed by atoms with E-state index < -0.39 is 0 Å². The molecule has 1 aromatic rings. The second-order valence-electron chi connectivity index (χ2n) is 4.83.